The van der Waals surface area contributed by atoms with Crippen molar-refractivity contribution in [1.82, 2.24) is 24.1 Å². The van der Waals surface area contributed by atoms with E-state index in [9.17, 15) is 0 Å². The molecule has 62 heavy (non-hydrogen) atoms. The fourth-order valence-corrected chi connectivity index (χ4v) is 9.12. The molecule has 3 heterocycles. The number of nitrogens with zero attached hydrogens (tertiary/aromatic N) is 5. The maximum absolute atomic E-state index is 5.06. The van der Waals surface area contributed by atoms with Crippen molar-refractivity contribution in [3.63, 3.8) is 0 Å². The summed E-state index contributed by atoms with van der Waals surface area (Å²) in [5.41, 5.74) is 14.3. The zero-order valence-corrected chi connectivity index (χ0v) is 33.6. The number of para-hydroxylation sites is 4. The van der Waals surface area contributed by atoms with E-state index in [2.05, 4.69) is 173 Å². The van der Waals surface area contributed by atoms with Crippen LogP contribution < -0.4 is 0 Å². The zero-order chi connectivity index (χ0) is 41.0. The normalized spacial score (nSPS) is 11.5. The molecule has 0 radical (unpaired) electrons. The number of hydrogen-bond acceptors (Lipinski definition) is 3. The molecule has 0 N–H and O–H groups in total. The molecule has 3 aromatic heterocycles. The van der Waals surface area contributed by atoms with Crippen molar-refractivity contribution < 1.29 is 0 Å². The van der Waals surface area contributed by atoms with Crippen LogP contribution >= 0.6 is 0 Å². The Morgan fingerprint density at radius 1 is 0.258 bits per heavy atom. The topological polar surface area (TPSA) is 48.5 Å². The van der Waals surface area contributed by atoms with Crippen LogP contribution in [-0.4, -0.2) is 24.1 Å². The van der Waals surface area contributed by atoms with Gasteiger partial charge in [0.25, 0.3) is 0 Å². The molecule has 0 saturated carbocycles. The second-order valence-electron chi connectivity index (χ2n) is 15.6. The second kappa shape index (κ2) is 14.7. The van der Waals surface area contributed by atoms with Crippen molar-refractivity contribution >= 4 is 43.6 Å². The van der Waals surface area contributed by atoms with Gasteiger partial charge in [-0.15, -0.1) is 0 Å². The molecule has 0 aliphatic heterocycles. The molecule has 9 aromatic carbocycles. The Bertz CT molecular complexity index is 3570. The summed E-state index contributed by atoms with van der Waals surface area (Å²) in [6, 6.07) is 79.4. The minimum Gasteiger partial charge on any atom is -0.309 e. The van der Waals surface area contributed by atoms with Crippen LogP contribution in [0.4, 0.5) is 0 Å². The van der Waals surface area contributed by atoms with Gasteiger partial charge in [0.1, 0.15) is 0 Å². The summed E-state index contributed by atoms with van der Waals surface area (Å²) in [5, 5.41) is 4.88. The number of rotatable bonds is 7. The first-order valence-corrected chi connectivity index (χ1v) is 20.9. The van der Waals surface area contributed by atoms with Gasteiger partial charge in [-0.2, -0.15) is 0 Å². The molecule has 5 heteroatoms. The Morgan fingerprint density at radius 2 is 0.726 bits per heavy atom. The molecule has 0 unspecified atom stereocenters. The monoisotopic (exact) mass is 791 g/mol. The molecule has 12 rings (SSSR count). The van der Waals surface area contributed by atoms with E-state index >= 15 is 0 Å². The Hall–Kier alpha value is -8.41. The lowest BCUT2D eigenvalue weighted by Crippen LogP contribution is -2.00. The lowest BCUT2D eigenvalue weighted by molar-refractivity contribution is 1.07. The van der Waals surface area contributed by atoms with E-state index in [1.54, 1.807) is 0 Å². The van der Waals surface area contributed by atoms with Gasteiger partial charge < -0.3 is 9.13 Å². The molecule has 0 aliphatic carbocycles. The fourth-order valence-electron chi connectivity index (χ4n) is 9.12. The largest absolute Gasteiger partial charge is 0.309 e. The Kier molecular flexibility index (Phi) is 8.42. The first-order chi connectivity index (χ1) is 30.7. The first kappa shape index (κ1) is 35.5. The summed E-state index contributed by atoms with van der Waals surface area (Å²) in [4.78, 5) is 15.1. The minimum atomic E-state index is 0.629. The van der Waals surface area contributed by atoms with Crippen molar-refractivity contribution in [3.05, 3.63) is 224 Å². The highest BCUT2D eigenvalue weighted by atomic mass is 15.0. The first-order valence-electron chi connectivity index (χ1n) is 20.9. The third-order valence-corrected chi connectivity index (χ3v) is 12.0. The molecule has 0 bridgehead atoms. The van der Waals surface area contributed by atoms with Crippen LogP contribution in [0.5, 0.6) is 0 Å². The van der Waals surface area contributed by atoms with Gasteiger partial charge in [0.2, 0.25) is 0 Å². The van der Waals surface area contributed by atoms with E-state index in [0.29, 0.717) is 17.5 Å². The van der Waals surface area contributed by atoms with Gasteiger partial charge in [0, 0.05) is 55.2 Å². The van der Waals surface area contributed by atoms with Crippen LogP contribution in [0.25, 0.3) is 111 Å². The SMILES string of the molecule is c1ccc(-c2nc(-c3ccccc3)nc(-c3cccc(-c4cccc5c6ccccc6n(-c6cccc(-c7ccc8c(c7)c7ccccc7n8-c7ccccc7)c6)c45)c3)n2)cc1. The molecule has 0 spiro atoms. The maximum atomic E-state index is 5.06. The maximum Gasteiger partial charge on any atom is 0.164 e. The van der Waals surface area contributed by atoms with Crippen molar-refractivity contribution in [2.75, 3.05) is 0 Å². The minimum absolute atomic E-state index is 0.629. The molecule has 0 fully saturated rings. The molecular weight excluding hydrogens is 755 g/mol. The molecule has 0 amide bonds. The van der Waals surface area contributed by atoms with Gasteiger partial charge in [0.15, 0.2) is 17.5 Å². The number of hydrogen-bond donors (Lipinski definition) is 0. The van der Waals surface area contributed by atoms with Crippen molar-refractivity contribution in [2.45, 2.75) is 0 Å². The van der Waals surface area contributed by atoms with Crippen LogP contribution in [0.15, 0.2) is 224 Å². The number of benzene rings is 9. The lowest BCUT2D eigenvalue weighted by Gasteiger charge is -2.14. The quantitative estimate of drug-likeness (QED) is 0.162. The predicted molar refractivity (Wildman–Crippen MR) is 256 cm³/mol. The Morgan fingerprint density at radius 3 is 1.44 bits per heavy atom. The molecule has 0 saturated heterocycles. The summed E-state index contributed by atoms with van der Waals surface area (Å²) < 4.78 is 4.80. The van der Waals surface area contributed by atoms with E-state index in [1.165, 1.54) is 38.1 Å². The average molecular weight is 792 g/mol. The van der Waals surface area contributed by atoms with Crippen LogP contribution in [0.1, 0.15) is 0 Å². The smallest absolute Gasteiger partial charge is 0.164 e. The Balaban J connectivity index is 1.01. The second-order valence-corrected chi connectivity index (χ2v) is 15.6. The number of aromatic nitrogens is 5. The molecule has 290 valence electrons. The molecule has 0 atom stereocenters. The van der Waals surface area contributed by atoms with E-state index in [-0.39, 0.29) is 0 Å². The van der Waals surface area contributed by atoms with Gasteiger partial charge in [-0.05, 0) is 71.3 Å². The molecule has 0 aliphatic rings. The van der Waals surface area contributed by atoms with Gasteiger partial charge >= 0.3 is 0 Å². The van der Waals surface area contributed by atoms with Crippen molar-refractivity contribution in [1.29, 1.82) is 0 Å². The lowest BCUT2D eigenvalue weighted by atomic mass is 9.99. The third kappa shape index (κ3) is 5.98. The highest BCUT2D eigenvalue weighted by Gasteiger charge is 2.19. The summed E-state index contributed by atoms with van der Waals surface area (Å²) in [6.07, 6.45) is 0. The number of fused-ring (bicyclic) bond motifs is 6. The standard InChI is InChI=1S/C57H37N5/c1-4-17-38(18-5-1)55-58-56(39-19-6-2-7-20-39)60-57(59-55)43-23-14-22-42(35-43)46-29-16-30-49-47-27-10-13-32-52(47)62(54(46)49)45-26-15-21-40(36-45)41-33-34-53-50(37-41)48-28-11-12-31-51(48)61(53)44-24-8-3-9-25-44/h1-37H. The summed E-state index contributed by atoms with van der Waals surface area (Å²) in [5.74, 6) is 1.91. The van der Waals surface area contributed by atoms with Gasteiger partial charge in [-0.3, -0.25) is 0 Å². The summed E-state index contributed by atoms with van der Waals surface area (Å²) >= 11 is 0. The predicted octanol–water partition coefficient (Wildman–Crippen LogP) is 14.4. The molecule has 12 aromatic rings. The van der Waals surface area contributed by atoms with Crippen LogP contribution in [0.3, 0.4) is 0 Å². The summed E-state index contributed by atoms with van der Waals surface area (Å²) in [6.45, 7) is 0. The van der Waals surface area contributed by atoms with E-state index in [0.717, 1.165) is 55.8 Å². The van der Waals surface area contributed by atoms with E-state index < -0.39 is 0 Å². The summed E-state index contributed by atoms with van der Waals surface area (Å²) in [7, 11) is 0. The fraction of sp³-hybridized carbons (Fsp3) is 0. The van der Waals surface area contributed by atoms with E-state index in [4.69, 9.17) is 15.0 Å². The van der Waals surface area contributed by atoms with E-state index in [1.807, 2.05) is 60.7 Å². The zero-order valence-electron chi connectivity index (χ0n) is 33.6. The van der Waals surface area contributed by atoms with Gasteiger partial charge in [-0.25, -0.2) is 15.0 Å². The Labute approximate surface area is 358 Å². The highest BCUT2D eigenvalue weighted by molar-refractivity contribution is 6.14. The van der Waals surface area contributed by atoms with Gasteiger partial charge in [-0.1, -0.05) is 170 Å². The van der Waals surface area contributed by atoms with Crippen LogP contribution in [0, 0.1) is 0 Å². The third-order valence-electron chi connectivity index (χ3n) is 12.0. The van der Waals surface area contributed by atoms with Crippen LogP contribution in [-0.2, 0) is 0 Å². The van der Waals surface area contributed by atoms with Crippen molar-refractivity contribution in [3.8, 4) is 67.8 Å². The van der Waals surface area contributed by atoms with Crippen molar-refractivity contribution in [2.24, 2.45) is 0 Å². The van der Waals surface area contributed by atoms with Gasteiger partial charge in [0.05, 0.1) is 22.1 Å². The molecule has 5 nitrogen and oxygen atoms in total. The average Bonchev–Trinajstić information content (AvgIpc) is 3.88. The highest BCUT2D eigenvalue weighted by Crippen LogP contribution is 2.41. The molecular formula is C57H37N5. The van der Waals surface area contributed by atoms with Crippen LogP contribution in [0.2, 0.25) is 0 Å².